The molecule has 0 saturated carbocycles. The lowest BCUT2D eigenvalue weighted by molar-refractivity contribution is -0.154. The van der Waals surface area contributed by atoms with Gasteiger partial charge in [0.05, 0.1) is 30.1 Å². The highest BCUT2D eigenvalue weighted by Crippen LogP contribution is 2.42. The second kappa shape index (κ2) is 14.1. The lowest BCUT2D eigenvalue weighted by Gasteiger charge is -2.35. The van der Waals surface area contributed by atoms with Gasteiger partial charge in [-0.3, -0.25) is 19.6 Å². The van der Waals surface area contributed by atoms with Gasteiger partial charge in [-0.15, -0.1) is 0 Å². The number of carbonyl (C=O) groups is 2. The molecular formula is C38H47F2N5O4. The SMILES string of the molecule is CCn1c(C2=C([C@H](C)OC)N=CCC2)c2c3cc(ccc31)-c1cc(cc(C(F)F)c1)C[C@H](N)C(=O)N1CCC[C@H](N1)C(=O)OCC(C)(C)C2. The topological polar surface area (TPSA) is 111 Å². The summed E-state index contributed by atoms with van der Waals surface area (Å²) in [4.78, 5) is 31.6. The van der Waals surface area contributed by atoms with Crippen LogP contribution in [0.1, 0.15) is 82.2 Å². The summed E-state index contributed by atoms with van der Waals surface area (Å²) in [5, 5.41) is 2.38. The van der Waals surface area contributed by atoms with Crippen LogP contribution < -0.4 is 11.2 Å². The summed E-state index contributed by atoms with van der Waals surface area (Å²) in [5.41, 5.74) is 16.0. The van der Waals surface area contributed by atoms with Crippen LogP contribution in [-0.2, 0) is 38.4 Å². The van der Waals surface area contributed by atoms with Gasteiger partial charge in [-0.1, -0.05) is 32.0 Å². The fraction of sp³-hybridized carbons (Fsp3) is 0.500. The van der Waals surface area contributed by atoms with E-state index in [1.165, 1.54) is 17.1 Å². The number of methoxy groups -OCH3 is 1. The minimum absolute atomic E-state index is 0.0624. The highest BCUT2D eigenvalue weighted by Gasteiger charge is 2.34. The number of allylic oxidation sites excluding steroid dienone is 1. The Balaban J connectivity index is 1.58. The van der Waals surface area contributed by atoms with E-state index >= 15 is 0 Å². The number of aromatic nitrogens is 1. The molecule has 1 fully saturated rings. The molecular weight excluding hydrogens is 628 g/mol. The van der Waals surface area contributed by atoms with Crippen LogP contribution in [0.15, 0.2) is 47.1 Å². The number of cyclic esters (lactones) is 1. The highest BCUT2D eigenvalue weighted by atomic mass is 19.3. The van der Waals surface area contributed by atoms with E-state index < -0.39 is 35.8 Å². The molecule has 49 heavy (non-hydrogen) atoms. The maximum atomic E-state index is 14.3. The van der Waals surface area contributed by atoms with E-state index in [0.717, 1.165) is 51.8 Å². The number of aliphatic imine (C=N–C) groups is 1. The van der Waals surface area contributed by atoms with Crippen LogP contribution in [0.4, 0.5) is 8.78 Å². The second-order valence-electron chi connectivity index (χ2n) is 14.2. The van der Waals surface area contributed by atoms with E-state index in [9.17, 15) is 18.4 Å². The monoisotopic (exact) mass is 675 g/mol. The lowest BCUT2D eigenvalue weighted by atomic mass is 9.83. The minimum atomic E-state index is -2.70. The summed E-state index contributed by atoms with van der Waals surface area (Å²) in [6.07, 6.45) is 2.36. The Labute approximate surface area is 286 Å². The number of hydrogen-bond donors (Lipinski definition) is 2. The molecule has 3 N–H and O–H groups in total. The van der Waals surface area contributed by atoms with Crippen LogP contribution in [0.25, 0.3) is 27.6 Å². The number of amides is 1. The summed E-state index contributed by atoms with van der Waals surface area (Å²) in [7, 11) is 1.68. The highest BCUT2D eigenvalue weighted by molar-refractivity contribution is 5.95. The molecule has 9 nitrogen and oxygen atoms in total. The van der Waals surface area contributed by atoms with Crippen molar-refractivity contribution in [1.82, 2.24) is 15.0 Å². The molecule has 3 aliphatic rings. The summed E-state index contributed by atoms with van der Waals surface area (Å²) in [6, 6.07) is 9.22. The molecule has 1 saturated heterocycles. The fourth-order valence-electron chi connectivity index (χ4n) is 7.42. The molecule has 1 aromatic heterocycles. The maximum Gasteiger partial charge on any atom is 0.324 e. The van der Waals surface area contributed by atoms with Crippen LogP contribution in [0.2, 0.25) is 0 Å². The van der Waals surface area contributed by atoms with E-state index in [1.54, 1.807) is 7.11 Å². The Kier molecular flexibility index (Phi) is 10.1. The quantitative estimate of drug-likeness (QED) is 0.305. The molecule has 1 amide bonds. The molecule has 0 aliphatic carbocycles. The average Bonchev–Trinajstić information content (AvgIpc) is 3.40. The number of hydrazine groups is 1. The number of halogens is 2. The van der Waals surface area contributed by atoms with Gasteiger partial charge in [-0.2, -0.15) is 0 Å². The fourth-order valence-corrected chi connectivity index (χ4v) is 7.42. The van der Waals surface area contributed by atoms with Crippen molar-refractivity contribution in [2.24, 2.45) is 16.1 Å². The number of nitrogens with one attached hydrogen (secondary N) is 1. The predicted octanol–water partition coefficient (Wildman–Crippen LogP) is 6.37. The number of esters is 1. The maximum absolute atomic E-state index is 14.3. The molecule has 0 radical (unpaired) electrons. The van der Waals surface area contributed by atoms with Gasteiger partial charge < -0.3 is 19.8 Å². The Morgan fingerprint density at radius 3 is 2.69 bits per heavy atom. The number of alkyl halides is 2. The lowest BCUT2D eigenvalue weighted by Crippen LogP contribution is -2.59. The molecule has 6 rings (SSSR count). The van der Waals surface area contributed by atoms with Crippen molar-refractivity contribution < 1.29 is 27.8 Å². The predicted molar refractivity (Wildman–Crippen MR) is 187 cm³/mol. The Morgan fingerprint density at radius 1 is 1.16 bits per heavy atom. The summed E-state index contributed by atoms with van der Waals surface area (Å²) < 4.78 is 42.7. The molecule has 0 spiro atoms. The first kappa shape index (κ1) is 34.9. The first-order valence-corrected chi connectivity index (χ1v) is 17.3. The second-order valence-corrected chi connectivity index (χ2v) is 14.2. The van der Waals surface area contributed by atoms with Crippen molar-refractivity contribution in [3.05, 3.63) is 64.5 Å². The number of carbonyl (C=O) groups excluding carboxylic acids is 2. The molecule has 0 unspecified atom stereocenters. The van der Waals surface area contributed by atoms with Crippen LogP contribution in [0.5, 0.6) is 0 Å². The largest absolute Gasteiger partial charge is 0.464 e. The van der Waals surface area contributed by atoms with Gasteiger partial charge in [0, 0.05) is 53.9 Å². The van der Waals surface area contributed by atoms with Crippen LogP contribution in [0, 0.1) is 5.41 Å². The summed E-state index contributed by atoms with van der Waals surface area (Å²) >= 11 is 0. The Morgan fingerprint density at radius 2 is 1.96 bits per heavy atom. The molecule has 6 bridgehead atoms. The molecule has 11 heteroatoms. The zero-order chi connectivity index (χ0) is 35.0. The van der Waals surface area contributed by atoms with Gasteiger partial charge in [0.15, 0.2) is 0 Å². The molecule has 3 atom stereocenters. The van der Waals surface area contributed by atoms with Crippen LogP contribution in [-0.4, -0.2) is 66.1 Å². The first-order valence-electron chi connectivity index (χ1n) is 17.3. The van der Waals surface area contributed by atoms with E-state index in [4.69, 9.17) is 20.2 Å². The number of rotatable bonds is 5. The van der Waals surface area contributed by atoms with Gasteiger partial charge in [0.2, 0.25) is 0 Å². The van der Waals surface area contributed by atoms with Crippen LogP contribution >= 0.6 is 0 Å². The molecule has 2 aromatic carbocycles. The van der Waals surface area contributed by atoms with Crippen molar-refractivity contribution in [2.45, 2.75) is 97.4 Å². The number of ether oxygens (including phenoxy) is 2. The van der Waals surface area contributed by atoms with E-state index in [1.807, 2.05) is 25.3 Å². The van der Waals surface area contributed by atoms with Crippen molar-refractivity contribution in [2.75, 3.05) is 20.3 Å². The van der Waals surface area contributed by atoms with E-state index in [0.29, 0.717) is 43.5 Å². The number of benzene rings is 2. The third-order valence-electron chi connectivity index (χ3n) is 9.94. The zero-order valence-corrected chi connectivity index (χ0v) is 29.0. The van der Waals surface area contributed by atoms with Gasteiger partial charge in [-0.05, 0) is 92.8 Å². The summed E-state index contributed by atoms with van der Waals surface area (Å²) in [5.74, 6) is -0.820. The van der Waals surface area contributed by atoms with Gasteiger partial charge >= 0.3 is 5.97 Å². The smallest absolute Gasteiger partial charge is 0.324 e. The van der Waals surface area contributed by atoms with E-state index in [-0.39, 0.29) is 24.7 Å². The Bertz CT molecular complexity index is 1810. The van der Waals surface area contributed by atoms with Crippen molar-refractivity contribution in [1.29, 1.82) is 0 Å². The number of nitrogens with two attached hydrogens (primary N) is 1. The van der Waals surface area contributed by atoms with Crippen molar-refractivity contribution in [3.8, 4) is 11.1 Å². The molecule has 3 aliphatic heterocycles. The van der Waals surface area contributed by atoms with Gasteiger partial charge in [0.25, 0.3) is 12.3 Å². The third kappa shape index (κ3) is 7.07. The van der Waals surface area contributed by atoms with Crippen LogP contribution in [0.3, 0.4) is 0 Å². The number of hydrogen-bond acceptors (Lipinski definition) is 7. The third-order valence-corrected chi connectivity index (χ3v) is 9.94. The molecule has 3 aromatic rings. The zero-order valence-electron chi connectivity index (χ0n) is 29.0. The Hall–Kier alpha value is -3.93. The standard InChI is InChI=1S/C38H47F2N5O4/c1-6-44-32-12-11-24-19-28(32)29(34(44)27-9-7-13-42-33(27)22(2)48-5)20-38(3,4)21-49-37(47)31-10-8-14-45(43-31)36(46)30(41)17-23-15-25(24)18-26(16-23)35(39)40/h11-13,15-16,18-19,22,30-31,35,43H,6-10,14,17,20-21,41H2,1-5H3/t22-,30-,31-/m0/s1. The van der Waals surface area contributed by atoms with Crippen molar-refractivity contribution in [3.63, 3.8) is 0 Å². The van der Waals surface area contributed by atoms with E-state index in [2.05, 4.69) is 42.9 Å². The summed E-state index contributed by atoms with van der Waals surface area (Å²) in [6.45, 7) is 9.51. The number of aryl methyl sites for hydroxylation is 1. The first-order chi connectivity index (χ1) is 23.4. The number of nitrogens with zero attached hydrogens (tertiary/aromatic N) is 3. The number of fused-ring (bicyclic) bond motifs is 6. The average molecular weight is 676 g/mol. The molecule has 4 heterocycles. The van der Waals surface area contributed by atoms with Gasteiger partial charge in [0.1, 0.15) is 6.04 Å². The van der Waals surface area contributed by atoms with Crippen molar-refractivity contribution >= 4 is 34.6 Å². The minimum Gasteiger partial charge on any atom is -0.464 e. The van der Waals surface area contributed by atoms with Gasteiger partial charge in [-0.25, -0.2) is 14.2 Å². The molecule has 262 valence electrons. The normalized spacial score (nSPS) is 22.4.